The van der Waals surface area contributed by atoms with Gasteiger partial charge in [-0.05, 0) is 47.9 Å². The van der Waals surface area contributed by atoms with Crippen molar-refractivity contribution in [3.63, 3.8) is 0 Å². The molecule has 29 heavy (non-hydrogen) atoms. The van der Waals surface area contributed by atoms with E-state index in [0.717, 1.165) is 12.6 Å². The first-order valence-electron chi connectivity index (χ1n) is 9.96. The smallest absolute Gasteiger partial charge is 0.116 e. The van der Waals surface area contributed by atoms with Crippen LogP contribution in [0.5, 0.6) is 0 Å². The second kappa shape index (κ2) is 9.88. The number of halogens is 1. The van der Waals surface area contributed by atoms with Crippen molar-refractivity contribution in [2.75, 3.05) is 0 Å². The summed E-state index contributed by atoms with van der Waals surface area (Å²) in [6.07, 6.45) is 2.09. The highest BCUT2D eigenvalue weighted by atomic mass is 35.5. The van der Waals surface area contributed by atoms with Gasteiger partial charge in [0.15, 0.2) is 0 Å². The predicted octanol–water partition coefficient (Wildman–Crippen LogP) is 2.75. The van der Waals surface area contributed by atoms with Gasteiger partial charge in [-0.15, -0.1) is 0 Å². The van der Waals surface area contributed by atoms with Crippen LogP contribution in [0.2, 0.25) is 0 Å². The standard InChI is InChI=1S/C27H26P.ClH/c1-2-24-16-12-13-21-27(24)28(25-17-8-4-9-18-25,26-19-10-5-11-20-26)22-23-14-6-3-7-15-23;/h3-21H,2,22H2,1H3;1H/q+1;/p-1. The van der Waals surface area contributed by atoms with Gasteiger partial charge in [-0.3, -0.25) is 0 Å². The minimum absolute atomic E-state index is 0. The largest absolute Gasteiger partial charge is 1.00 e. The van der Waals surface area contributed by atoms with Crippen LogP contribution >= 0.6 is 7.26 Å². The molecular formula is C27H26ClP. The van der Waals surface area contributed by atoms with Crippen LogP contribution in [0.25, 0.3) is 0 Å². The highest BCUT2D eigenvalue weighted by Gasteiger charge is 2.46. The summed E-state index contributed by atoms with van der Waals surface area (Å²) in [6, 6.07) is 42.3. The second-order valence-electron chi connectivity index (χ2n) is 7.11. The molecule has 0 heterocycles. The first-order valence-corrected chi connectivity index (χ1v) is 11.9. The van der Waals surface area contributed by atoms with E-state index in [2.05, 4.69) is 122 Å². The van der Waals surface area contributed by atoms with Crippen molar-refractivity contribution in [3.05, 3.63) is 126 Å². The topological polar surface area (TPSA) is 0 Å². The first-order chi connectivity index (χ1) is 13.8. The van der Waals surface area contributed by atoms with Gasteiger partial charge in [0.25, 0.3) is 0 Å². The number of hydrogen-bond acceptors (Lipinski definition) is 0. The highest BCUT2D eigenvalue weighted by Crippen LogP contribution is 2.58. The normalized spacial score (nSPS) is 10.9. The summed E-state index contributed by atoms with van der Waals surface area (Å²) in [5, 5.41) is 4.41. The molecule has 0 unspecified atom stereocenters. The third-order valence-corrected chi connectivity index (χ3v) is 9.90. The van der Waals surface area contributed by atoms with Crippen LogP contribution in [-0.4, -0.2) is 0 Å². The van der Waals surface area contributed by atoms with Crippen LogP contribution < -0.4 is 28.3 Å². The van der Waals surface area contributed by atoms with Crippen molar-refractivity contribution >= 4 is 23.2 Å². The molecule has 0 radical (unpaired) electrons. The lowest BCUT2D eigenvalue weighted by atomic mass is 10.2. The van der Waals surface area contributed by atoms with Crippen LogP contribution in [0, 0.1) is 0 Å². The molecule has 4 aromatic rings. The Labute approximate surface area is 181 Å². The Balaban J connectivity index is 0.00000240. The molecule has 0 aliphatic rings. The van der Waals surface area contributed by atoms with Gasteiger partial charge in [0.05, 0.1) is 6.16 Å². The summed E-state index contributed by atoms with van der Waals surface area (Å²) < 4.78 is 0. The molecule has 0 aromatic heterocycles. The van der Waals surface area contributed by atoms with E-state index < -0.39 is 7.26 Å². The molecule has 0 nitrogen and oxygen atoms in total. The molecule has 0 aliphatic heterocycles. The zero-order valence-electron chi connectivity index (χ0n) is 16.7. The molecule has 0 atom stereocenters. The third-order valence-electron chi connectivity index (χ3n) is 5.44. The highest BCUT2D eigenvalue weighted by molar-refractivity contribution is 7.95. The van der Waals surface area contributed by atoms with E-state index in [0.29, 0.717) is 0 Å². The van der Waals surface area contributed by atoms with E-state index >= 15 is 0 Å². The Morgan fingerprint density at radius 1 is 0.552 bits per heavy atom. The van der Waals surface area contributed by atoms with E-state index in [1.807, 2.05) is 0 Å². The van der Waals surface area contributed by atoms with Crippen molar-refractivity contribution in [2.24, 2.45) is 0 Å². The lowest BCUT2D eigenvalue weighted by Crippen LogP contribution is -3.00. The molecular weight excluding hydrogens is 391 g/mol. The van der Waals surface area contributed by atoms with Crippen LogP contribution in [0.1, 0.15) is 18.1 Å². The van der Waals surface area contributed by atoms with E-state index in [9.17, 15) is 0 Å². The van der Waals surface area contributed by atoms with Crippen molar-refractivity contribution in [2.45, 2.75) is 19.5 Å². The number of aryl methyl sites for hydroxylation is 1. The Morgan fingerprint density at radius 2 is 1.00 bits per heavy atom. The minimum atomic E-state index is -1.83. The van der Waals surface area contributed by atoms with Crippen LogP contribution in [0.15, 0.2) is 115 Å². The average Bonchev–Trinajstić information content (AvgIpc) is 2.79. The van der Waals surface area contributed by atoms with Gasteiger partial charge in [-0.25, -0.2) is 0 Å². The van der Waals surface area contributed by atoms with E-state index in [1.54, 1.807) is 0 Å². The Morgan fingerprint density at radius 3 is 1.52 bits per heavy atom. The van der Waals surface area contributed by atoms with Crippen LogP contribution in [-0.2, 0) is 12.6 Å². The van der Waals surface area contributed by atoms with Gasteiger partial charge in [-0.1, -0.05) is 91.9 Å². The number of hydrogen-bond donors (Lipinski definition) is 0. The zero-order chi connectivity index (χ0) is 19.2. The van der Waals surface area contributed by atoms with Gasteiger partial charge < -0.3 is 12.4 Å². The summed E-state index contributed by atoms with van der Waals surface area (Å²) >= 11 is 0. The summed E-state index contributed by atoms with van der Waals surface area (Å²) in [7, 11) is -1.83. The maximum absolute atomic E-state index is 2.37. The number of benzene rings is 4. The maximum atomic E-state index is 2.37. The molecule has 0 bridgehead atoms. The molecule has 0 aliphatic carbocycles. The minimum Gasteiger partial charge on any atom is -1.00 e. The SMILES string of the molecule is CCc1ccccc1[P+](Cc1ccccc1)(c1ccccc1)c1ccccc1.[Cl-]. The fourth-order valence-electron chi connectivity index (χ4n) is 4.10. The van der Waals surface area contributed by atoms with Crippen LogP contribution in [0.3, 0.4) is 0 Å². The maximum Gasteiger partial charge on any atom is 0.116 e. The molecule has 0 N–H and O–H groups in total. The fourth-order valence-corrected chi connectivity index (χ4v) is 8.67. The van der Waals surface area contributed by atoms with Gasteiger partial charge in [0.2, 0.25) is 0 Å². The van der Waals surface area contributed by atoms with Gasteiger partial charge in [0, 0.05) is 0 Å². The summed E-state index contributed by atoms with van der Waals surface area (Å²) in [4.78, 5) is 0. The monoisotopic (exact) mass is 416 g/mol. The molecule has 0 fully saturated rings. The molecule has 0 spiro atoms. The lowest BCUT2D eigenvalue weighted by Gasteiger charge is -2.29. The number of rotatable bonds is 6. The van der Waals surface area contributed by atoms with Gasteiger partial charge in [0.1, 0.15) is 23.2 Å². The Hall–Kier alpha value is -2.40. The van der Waals surface area contributed by atoms with Crippen molar-refractivity contribution in [1.29, 1.82) is 0 Å². The van der Waals surface area contributed by atoms with Crippen molar-refractivity contribution in [1.82, 2.24) is 0 Å². The predicted molar refractivity (Wildman–Crippen MR) is 125 cm³/mol. The quantitative estimate of drug-likeness (QED) is 0.424. The molecule has 4 rings (SSSR count). The molecule has 0 saturated carbocycles. The van der Waals surface area contributed by atoms with Crippen molar-refractivity contribution in [3.8, 4) is 0 Å². The van der Waals surface area contributed by atoms with Crippen LogP contribution in [0.4, 0.5) is 0 Å². The summed E-state index contributed by atoms with van der Waals surface area (Å²) in [5.74, 6) is 0. The second-order valence-corrected chi connectivity index (χ2v) is 10.6. The van der Waals surface area contributed by atoms with E-state index in [4.69, 9.17) is 0 Å². The summed E-state index contributed by atoms with van der Waals surface area (Å²) in [6.45, 7) is 2.27. The summed E-state index contributed by atoms with van der Waals surface area (Å²) in [5.41, 5.74) is 2.86. The van der Waals surface area contributed by atoms with Gasteiger partial charge in [-0.2, -0.15) is 0 Å². The molecule has 4 aromatic carbocycles. The molecule has 2 heteroatoms. The first kappa shape index (κ1) is 21.3. The molecule has 146 valence electrons. The fraction of sp³-hybridized carbons (Fsp3) is 0.111. The lowest BCUT2D eigenvalue weighted by molar-refractivity contribution is -0.00000550. The molecule has 0 saturated heterocycles. The van der Waals surface area contributed by atoms with Crippen molar-refractivity contribution < 1.29 is 12.4 Å². The molecule has 0 amide bonds. The Kier molecular flexibility index (Phi) is 7.26. The zero-order valence-corrected chi connectivity index (χ0v) is 18.4. The Bertz CT molecular complexity index is 974. The van der Waals surface area contributed by atoms with E-state index in [1.165, 1.54) is 27.0 Å². The van der Waals surface area contributed by atoms with Gasteiger partial charge >= 0.3 is 0 Å². The average molecular weight is 417 g/mol. The van der Waals surface area contributed by atoms with E-state index in [-0.39, 0.29) is 12.4 Å². The third kappa shape index (κ3) is 4.30.